The van der Waals surface area contributed by atoms with Crippen molar-refractivity contribution in [1.29, 1.82) is 0 Å². The summed E-state index contributed by atoms with van der Waals surface area (Å²) in [7, 11) is 0. The van der Waals surface area contributed by atoms with Gasteiger partial charge in [-0.25, -0.2) is 13.6 Å². The molecule has 86 valence electrons. The molecule has 0 aliphatic rings. The minimum atomic E-state index is -1.04. The van der Waals surface area contributed by atoms with Gasteiger partial charge in [0.2, 0.25) is 0 Å². The van der Waals surface area contributed by atoms with Crippen LogP contribution in [0.3, 0.4) is 0 Å². The van der Waals surface area contributed by atoms with E-state index in [2.05, 4.69) is 0 Å². The van der Waals surface area contributed by atoms with Crippen LogP contribution in [0, 0.1) is 11.6 Å². The van der Waals surface area contributed by atoms with Crippen LogP contribution in [0.5, 0.6) is 0 Å². The van der Waals surface area contributed by atoms with E-state index < -0.39 is 17.6 Å². The third-order valence-corrected chi connectivity index (χ3v) is 2.94. The molecule has 0 fully saturated rings. The first kappa shape index (κ1) is 12.7. The highest BCUT2D eigenvalue weighted by Crippen LogP contribution is 2.24. The average Bonchev–Trinajstić information content (AvgIpc) is 2.18. The standard InChI is InChI=1S/C11H10F2O2S/c1-7(4-11(14)15)6-16-10-5-8(12)2-3-9(10)13/h2-5H,6H2,1H3,(H,14,15). The Bertz CT molecular complexity index is 430. The van der Waals surface area contributed by atoms with E-state index in [1.54, 1.807) is 6.92 Å². The highest BCUT2D eigenvalue weighted by Gasteiger charge is 2.05. The molecule has 1 N–H and O–H groups in total. The zero-order chi connectivity index (χ0) is 12.1. The second kappa shape index (κ2) is 5.65. The second-order valence-corrected chi connectivity index (χ2v) is 4.21. The van der Waals surface area contributed by atoms with Gasteiger partial charge in [-0.05, 0) is 25.1 Å². The van der Waals surface area contributed by atoms with Crippen molar-refractivity contribution >= 4 is 17.7 Å². The highest BCUT2D eigenvalue weighted by atomic mass is 32.2. The molecule has 0 aromatic heterocycles. The molecule has 0 saturated heterocycles. The molecule has 0 bridgehead atoms. The lowest BCUT2D eigenvalue weighted by molar-refractivity contribution is -0.131. The van der Waals surface area contributed by atoms with Gasteiger partial charge in [0.25, 0.3) is 0 Å². The minimum Gasteiger partial charge on any atom is -0.478 e. The van der Waals surface area contributed by atoms with Crippen molar-refractivity contribution in [2.24, 2.45) is 0 Å². The fourth-order valence-electron chi connectivity index (χ4n) is 1.03. The van der Waals surface area contributed by atoms with Crippen molar-refractivity contribution in [1.82, 2.24) is 0 Å². The number of halogens is 2. The third-order valence-electron chi connectivity index (χ3n) is 1.72. The Hall–Kier alpha value is -1.36. The molecule has 0 saturated carbocycles. The summed E-state index contributed by atoms with van der Waals surface area (Å²) in [4.78, 5) is 10.5. The fourth-order valence-corrected chi connectivity index (χ4v) is 1.90. The number of benzene rings is 1. The van der Waals surface area contributed by atoms with Gasteiger partial charge in [-0.1, -0.05) is 5.57 Å². The van der Waals surface area contributed by atoms with E-state index in [9.17, 15) is 13.6 Å². The number of rotatable bonds is 4. The van der Waals surface area contributed by atoms with Crippen molar-refractivity contribution in [3.8, 4) is 0 Å². The molecular weight excluding hydrogens is 234 g/mol. The summed E-state index contributed by atoms with van der Waals surface area (Å²) in [5.74, 6) is -1.75. The molecule has 0 spiro atoms. The Labute approximate surface area is 96.0 Å². The van der Waals surface area contributed by atoms with Crippen molar-refractivity contribution in [2.45, 2.75) is 11.8 Å². The summed E-state index contributed by atoms with van der Waals surface area (Å²) in [5, 5.41) is 8.46. The molecule has 0 radical (unpaired) electrons. The minimum absolute atomic E-state index is 0.179. The summed E-state index contributed by atoms with van der Waals surface area (Å²) >= 11 is 1.06. The van der Waals surface area contributed by atoms with Crippen molar-refractivity contribution in [3.05, 3.63) is 41.5 Å². The van der Waals surface area contributed by atoms with Crippen molar-refractivity contribution < 1.29 is 18.7 Å². The summed E-state index contributed by atoms with van der Waals surface area (Å²) in [6.07, 6.45) is 1.05. The molecule has 0 unspecified atom stereocenters. The molecule has 16 heavy (non-hydrogen) atoms. The van der Waals surface area contributed by atoms with Gasteiger partial charge in [-0.2, -0.15) is 0 Å². The smallest absolute Gasteiger partial charge is 0.328 e. The largest absolute Gasteiger partial charge is 0.478 e. The Kier molecular flexibility index (Phi) is 4.49. The van der Waals surface area contributed by atoms with Gasteiger partial charge in [0.15, 0.2) is 0 Å². The number of hydrogen-bond acceptors (Lipinski definition) is 2. The molecule has 0 atom stereocenters. The molecule has 1 aromatic rings. The number of carboxylic acid groups (broad SMARTS) is 1. The van der Waals surface area contributed by atoms with E-state index in [4.69, 9.17) is 5.11 Å². The number of carbonyl (C=O) groups is 1. The maximum atomic E-state index is 13.2. The van der Waals surface area contributed by atoms with Gasteiger partial charge in [0.1, 0.15) is 11.6 Å². The average molecular weight is 244 g/mol. The Morgan fingerprint density at radius 2 is 2.19 bits per heavy atom. The van der Waals surface area contributed by atoms with Crippen LogP contribution >= 0.6 is 11.8 Å². The molecule has 0 amide bonds. The lowest BCUT2D eigenvalue weighted by Crippen LogP contribution is -1.92. The van der Waals surface area contributed by atoms with Crippen LogP contribution < -0.4 is 0 Å². The number of thioether (sulfide) groups is 1. The first-order valence-electron chi connectivity index (χ1n) is 4.47. The summed E-state index contributed by atoms with van der Waals surface area (Å²) in [6, 6.07) is 3.18. The molecule has 1 aromatic carbocycles. The summed E-state index contributed by atoms with van der Waals surface area (Å²) in [6.45, 7) is 1.62. The topological polar surface area (TPSA) is 37.3 Å². The van der Waals surface area contributed by atoms with Gasteiger partial charge in [0, 0.05) is 16.7 Å². The van der Waals surface area contributed by atoms with Gasteiger partial charge >= 0.3 is 5.97 Å². The summed E-state index contributed by atoms with van der Waals surface area (Å²) < 4.78 is 26.0. The lowest BCUT2D eigenvalue weighted by atomic mass is 10.3. The summed E-state index contributed by atoms with van der Waals surface area (Å²) in [5.41, 5.74) is 0.584. The first-order valence-corrected chi connectivity index (χ1v) is 5.45. The Balaban J connectivity index is 2.68. The van der Waals surface area contributed by atoms with Crippen molar-refractivity contribution in [2.75, 3.05) is 5.75 Å². The third kappa shape index (κ3) is 4.02. The van der Waals surface area contributed by atoms with Gasteiger partial charge in [-0.15, -0.1) is 11.8 Å². The van der Waals surface area contributed by atoms with E-state index >= 15 is 0 Å². The van der Waals surface area contributed by atoms with E-state index in [1.165, 1.54) is 0 Å². The van der Waals surface area contributed by atoms with Crippen LogP contribution in [0.15, 0.2) is 34.7 Å². The maximum absolute atomic E-state index is 13.2. The molecule has 1 rings (SSSR count). The molecule has 5 heteroatoms. The highest BCUT2D eigenvalue weighted by molar-refractivity contribution is 7.99. The van der Waals surface area contributed by atoms with Crippen LogP contribution in [-0.2, 0) is 4.79 Å². The SMILES string of the molecule is CC(=CC(=O)O)CSc1cc(F)ccc1F. The molecule has 0 aliphatic heterocycles. The monoisotopic (exact) mass is 244 g/mol. The predicted molar refractivity (Wildman–Crippen MR) is 58.5 cm³/mol. The Morgan fingerprint density at radius 1 is 1.50 bits per heavy atom. The van der Waals surface area contributed by atoms with Crippen LogP contribution in [0.4, 0.5) is 8.78 Å². The van der Waals surface area contributed by atoms with Crippen LogP contribution in [0.1, 0.15) is 6.92 Å². The van der Waals surface area contributed by atoms with E-state index in [-0.39, 0.29) is 4.90 Å². The van der Waals surface area contributed by atoms with E-state index in [1.807, 2.05) is 0 Å². The van der Waals surface area contributed by atoms with Gasteiger partial charge in [-0.3, -0.25) is 0 Å². The second-order valence-electron chi connectivity index (χ2n) is 3.19. The number of hydrogen-bond donors (Lipinski definition) is 1. The molecule has 2 nitrogen and oxygen atoms in total. The van der Waals surface area contributed by atoms with E-state index in [0.29, 0.717) is 11.3 Å². The lowest BCUT2D eigenvalue weighted by Gasteiger charge is -2.03. The first-order chi connectivity index (χ1) is 7.49. The quantitative estimate of drug-likeness (QED) is 0.653. The van der Waals surface area contributed by atoms with Crippen LogP contribution in [0.25, 0.3) is 0 Å². The molecular formula is C11H10F2O2S. The molecule has 0 aliphatic carbocycles. The Morgan fingerprint density at radius 3 is 2.81 bits per heavy atom. The fraction of sp³-hybridized carbons (Fsp3) is 0.182. The van der Waals surface area contributed by atoms with Gasteiger partial charge < -0.3 is 5.11 Å². The van der Waals surface area contributed by atoms with E-state index in [0.717, 1.165) is 36.0 Å². The number of aliphatic carboxylic acids is 1. The van der Waals surface area contributed by atoms with Gasteiger partial charge in [0.05, 0.1) is 0 Å². The predicted octanol–water partition coefficient (Wildman–Crippen LogP) is 3.09. The zero-order valence-corrected chi connectivity index (χ0v) is 9.35. The van der Waals surface area contributed by atoms with Crippen LogP contribution in [-0.4, -0.2) is 16.8 Å². The molecule has 0 heterocycles. The maximum Gasteiger partial charge on any atom is 0.328 e. The van der Waals surface area contributed by atoms with Crippen LogP contribution in [0.2, 0.25) is 0 Å². The normalized spacial score (nSPS) is 11.6. The zero-order valence-electron chi connectivity index (χ0n) is 8.54. The number of carboxylic acids is 1. The van der Waals surface area contributed by atoms with Crippen molar-refractivity contribution in [3.63, 3.8) is 0 Å².